The van der Waals surface area contributed by atoms with Crippen molar-refractivity contribution in [2.45, 2.75) is 90.1 Å². The number of nitrogens with zero attached hydrogens (tertiary/aromatic N) is 3. The van der Waals surface area contributed by atoms with E-state index >= 15 is 0 Å². The Morgan fingerprint density at radius 2 is 1.71 bits per heavy atom. The first-order valence-electron chi connectivity index (χ1n) is 12.8. The van der Waals surface area contributed by atoms with Crippen molar-refractivity contribution >= 4 is 40.5 Å². The molecule has 3 fully saturated rings. The molecule has 180 valence electrons. The van der Waals surface area contributed by atoms with Crippen molar-refractivity contribution in [3.8, 4) is 5.69 Å². The summed E-state index contributed by atoms with van der Waals surface area (Å²) >= 11 is 7.84. The highest BCUT2D eigenvalue weighted by atomic mass is 35.5. The Labute approximate surface area is 212 Å². The Kier molecular flexibility index (Phi) is 7.22. The molecule has 2 aliphatic carbocycles. The van der Waals surface area contributed by atoms with Gasteiger partial charge in [-0.3, -0.25) is 14.7 Å². The van der Waals surface area contributed by atoms with Crippen LogP contribution in [0.4, 0.5) is 0 Å². The van der Waals surface area contributed by atoms with E-state index in [1.54, 1.807) is 11.8 Å². The summed E-state index contributed by atoms with van der Waals surface area (Å²) < 4.78 is 2.21. The van der Waals surface area contributed by atoms with Crippen LogP contribution in [0.1, 0.15) is 81.2 Å². The highest BCUT2D eigenvalue weighted by molar-refractivity contribution is 8.18. The molecule has 34 heavy (non-hydrogen) atoms. The lowest BCUT2D eigenvalue weighted by atomic mass is 9.94. The molecule has 1 aromatic heterocycles. The van der Waals surface area contributed by atoms with E-state index in [1.165, 1.54) is 38.5 Å². The normalized spacial score (nSPS) is 22.9. The number of amidine groups is 1. The molecule has 2 aromatic rings. The lowest BCUT2D eigenvalue weighted by molar-refractivity contribution is -0.124. The van der Waals surface area contributed by atoms with E-state index in [9.17, 15) is 4.79 Å². The number of aromatic nitrogens is 1. The average Bonchev–Trinajstić information content (AvgIpc) is 3.29. The topological polar surface area (TPSA) is 37.6 Å². The molecular formula is C28H34ClN3OS. The number of aliphatic imine (C=N–C) groups is 1. The summed E-state index contributed by atoms with van der Waals surface area (Å²) in [7, 11) is 0. The van der Waals surface area contributed by atoms with Gasteiger partial charge in [0.05, 0.1) is 10.9 Å². The number of hydrogen-bond acceptors (Lipinski definition) is 3. The second-order valence-corrected chi connectivity index (χ2v) is 11.4. The summed E-state index contributed by atoms with van der Waals surface area (Å²) in [5, 5.41) is 1.66. The largest absolute Gasteiger partial charge is 0.318 e. The van der Waals surface area contributed by atoms with Crippen molar-refractivity contribution in [3.05, 3.63) is 57.2 Å². The zero-order chi connectivity index (χ0) is 23.7. The van der Waals surface area contributed by atoms with Gasteiger partial charge in [0.1, 0.15) is 0 Å². The first-order valence-corrected chi connectivity index (χ1v) is 14.0. The van der Waals surface area contributed by atoms with Gasteiger partial charge in [0, 0.05) is 28.1 Å². The van der Waals surface area contributed by atoms with Crippen LogP contribution in [0.15, 0.2) is 40.2 Å². The fourth-order valence-electron chi connectivity index (χ4n) is 5.69. The molecule has 1 aliphatic heterocycles. The third kappa shape index (κ3) is 4.87. The van der Waals surface area contributed by atoms with Crippen molar-refractivity contribution in [2.24, 2.45) is 4.99 Å². The summed E-state index contributed by atoms with van der Waals surface area (Å²) in [5.41, 5.74) is 4.36. The van der Waals surface area contributed by atoms with Gasteiger partial charge < -0.3 is 4.57 Å². The monoisotopic (exact) mass is 495 g/mol. The second-order valence-electron chi connectivity index (χ2n) is 9.92. The van der Waals surface area contributed by atoms with Crippen LogP contribution in [0.25, 0.3) is 11.8 Å². The minimum atomic E-state index is 0.138. The second kappa shape index (κ2) is 10.3. The molecule has 6 heteroatoms. The number of halogens is 1. The molecule has 0 spiro atoms. The zero-order valence-corrected chi connectivity index (χ0v) is 21.8. The fourth-order valence-corrected chi connectivity index (χ4v) is 6.98. The molecule has 0 unspecified atom stereocenters. The van der Waals surface area contributed by atoms with Crippen molar-refractivity contribution in [3.63, 3.8) is 0 Å². The molecule has 1 aromatic carbocycles. The average molecular weight is 496 g/mol. The number of carbonyl (C=O) groups excluding carboxylic acids is 1. The number of benzene rings is 1. The number of rotatable bonds is 4. The number of hydrogen-bond donors (Lipinski definition) is 0. The van der Waals surface area contributed by atoms with E-state index < -0.39 is 0 Å². The first kappa shape index (κ1) is 23.7. The number of aryl methyl sites for hydroxylation is 1. The van der Waals surface area contributed by atoms with E-state index in [0.29, 0.717) is 12.1 Å². The highest BCUT2D eigenvalue weighted by Crippen LogP contribution is 2.39. The van der Waals surface area contributed by atoms with Gasteiger partial charge >= 0.3 is 0 Å². The van der Waals surface area contributed by atoms with E-state index in [-0.39, 0.29) is 5.91 Å². The van der Waals surface area contributed by atoms with Crippen LogP contribution < -0.4 is 0 Å². The lowest BCUT2D eigenvalue weighted by Crippen LogP contribution is -2.41. The lowest BCUT2D eigenvalue weighted by Gasteiger charge is -2.31. The van der Waals surface area contributed by atoms with Crippen LogP contribution in [0, 0.1) is 13.8 Å². The van der Waals surface area contributed by atoms with Crippen LogP contribution in [0.2, 0.25) is 5.02 Å². The molecule has 2 heterocycles. The Morgan fingerprint density at radius 1 is 1.00 bits per heavy atom. The minimum absolute atomic E-state index is 0.138. The van der Waals surface area contributed by atoms with E-state index in [4.69, 9.17) is 16.6 Å². The first-order chi connectivity index (χ1) is 16.5. The Bertz CT molecular complexity index is 1120. The summed E-state index contributed by atoms with van der Waals surface area (Å²) in [6.45, 7) is 4.21. The maximum absolute atomic E-state index is 13.7. The maximum Gasteiger partial charge on any atom is 0.267 e. The Hall–Kier alpha value is -1.98. The summed E-state index contributed by atoms with van der Waals surface area (Å²) in [6.07, 6.45) is 14.1. The SMILES string of the molecule is Cc1cc(/C=C2\SC(=NC3CCCCC3)N(C3CCCCC3)C2=O)c(C)n1-c1cccc(Cl)c1. The van der Waals surface area contributed by atoms with Crippen LogP contribution in [0.3, 0.4) is 0 Å². The van der Waals surface area contributed by atoms with Gasteiger partial charge in [-0.25, -0.2) is 0 Å². The standard InChI is InChI=1S/C28H34ClN3OS/c1-19-16-21(20(2)31(19)25-15-9-10-22(29)18-25)17-26-27(33)32(24-13-7-4-8-14-24)28(34-26)30-23-11-5-3-6-12-23/h9-10,15-18,23-24H,3-8,11-14H2,1-2H3/b26-17-,30-28?. The summed E-state index contributed by atoms with van der Waals surface area (Å²) in [5.74, 6) is 0.138. The molecule has 0 bridgehead atoms. The molecule has 5 rings (SSSR count). The Balaban J connectivity index is 1.48. The summed E-state index contributed by atoms with van der Waals surface area (Å²) in [6, 6.07) is 10.7. The van der Waals surface area contributed by atoms with Crippen molar-refractivity contribution in [1.82, 2.24) is 9.47 Å². The van der Waals surface area contributed by atoms with Gasteiger partial charge in [0.25, 0.3) is 5.91 Å². The smallest absolute Gasteiger partial charge is 0.267 e. The quantitative estimate of drug-likeness (QED) is 0.408. The van der Waals surface area contributed by atoms with Crippen molar-refractivity contribution in [2.75, 3.05) is 0 Å². The van der Waals surface area contributed by atoms with Gasteiger partial charge in [-0.15, -0.1) is 0 Å². The number of amides is 1. The van der Waals surface area contributed by atoms with E-state index in [0.717, 1.165) is 63.4 Å². The maximum atomic E-state index is 13.7. The molecular weight excluding hydrogens is 462 g/mol. The Morgan fingerprint density at radius 3 is 2.41 bits per heavy atom. The third-order valence-electron chi connectivity index (χ3n) is 7.47. The molecule has 2 saturated carbocycles. The van der Waals surface area contributed by atoms with Crippen LogP contribution in [0.5, 0.6) is 0 Å². The van der Waals surface area contributed by atoms with Gasteiger partial charge in [0.2, 0.25) is 0 Å². The van der Waals surface area contributed by atoms with E-state index in [1.807, 2.05) is 18.2 Å². The molecule has 0 radical (unpaired) electrons. The van der Waals surface area contributed by atoms with Crippen molar-refractivity contribution in [1.29, 1.82) is 0 Å². The minimum Gasteiger partial charge on any atom is -0.318 e. The molecule has 3 aliphatic rings. The molecule has 1 saturated heterocycles. The van der Waals surface area contributed by atoms with Crippen LogP contribution in [-0.2, 0) is 4.79 Å². The van der Waals surface area contributed by atoms with Gasteiger partial charge in [0.15, 0.2) is 5.17 Å². The van der Waals surface area contributed by atoms with Crippen LogP contribution in [-0.4, -0.2) is 32.6 Å². The van der Waals surface area contributed by atoms with E-state index in [2.05, 4.69) is 41.5 Å². The van der Waals surface area contributed by atoms with Gasteiger partial charge in [-0.2, -0.15) is 0 Å². The zero-order valence-electron chi connectivity index (χ0n) is 20.2. The third-order valence-corrected chi connectivity index (χ3v) is 8.70. The number of carbonyl (C=O) groups is 1. The number of thioether (sulfide) groups is 1. The molecule has 0 atom stereocenters. The van der Waals surface area contributed by atoms with Gasteiger partial charge in [-0.1, -0.05) is 56.2 Å². The predicted molar refractivity (Wildman–Crippen MR) is 144 cm³/mol. The van der Waals surface area contributed by atoms with Crippen molar-refractivity contribution < 1.29 is 4.79 Å². The molecule has 4 nitrogen and oxygen atoms in total. The van der Waals surface area contributed by atoms with Crippen LogP contribution >= 0.6 is 23.4 Å². The summed E-state index contributed by atoms with van der Waals surface area (Å²) in [4.78, 5) is 21.7. The highest BCUT2D eigenvalue weighted by Gasteiger charge is 2.39. The molecule has 0 N–H and O–H groups in total. The van der Waals surface area contributed by atoms with Gasteiger partial charge in [-0.05, 0) is 87.2 Å². The fraction of sp³-hybridized carbons (Fsp3) is 0.500. The predicted octanol–water partition coefficient (Wildman–Crippen LogP) is 7.69. The molecule has 1 amide bonds.